The van der Waals surface area contributed by atoms with Gasteiger partial charge in [-0.2, -0.15) is 0 Å². The van der Waals surface area contributed by atoms with Gasteiger partial charge < -0.3 is 4.57 Å². The quantitative estimate of drug-likeness (QED) is 0.627. The van der Waals surface area contributed by atoms with E-state index in [0.717, 1.165) is 11.4 Å². The molecule has 1 rings (SSSR count). The lowest BCUT2D eigenvalue weighted by Gasteiger charge is -2.23. The third-order valence-electron chi connectivity index (χ3n) is 2.25. The number of rotatable bonds is 1. The van der Waals surface area contributed by atoms with E-state index in [1.165, 1.54) is 0 Å². The fourth-order valence-electron chi connectivity index (χ4n) is 1.63. The van der Waals surface area contributed by atoms with E-state index in [9.17, 15) is 4.39 Å². The lowest BCUT2D eigenvalue weighted by Crippen LogP contribution is -2.19. The zero-order chi connectivity index (χ0) is 10.2. The van der Waals surface area contributed by atoms with Crippen molar-refractivity contribution in [1.29, 1.82) is 0 Å². The maximum atomic E-state index is 13.3. The van der Waals surface area contributed by atoms with Crippen LogP contribution < -0.4 is 0 Å². The van der Waals surface area contributed by atoms with Gasteiger partial charge in [-0.3, -0.25) is 0 Å². The molecule has 1 aromatic rings. The number of alkyl halides is 1. The molecule has 74 valence electrons. The SMILES string of the molecule is Cc1ccc(C(C)(C)C)n1C(C)F. The summed E-state index contributed by atoms with van der Waals surface area (Å²) < 4.78 is 15.0. The summed E-state index contributed by atoms with van der Waals surface area (Å²) >= 11 is 0. The van der Waals surface area contributed by atoms with E-state index in [4.69, 9.17) is 0 Å². The molecule has 1 aromatic heterocycles. The molecule has 1 unspecified atom stereocenters. The van der Waals surface area contributed by atoms with Gasteiger partial charge in [0.1, 0.15) is 0 Å². The van der Waals surface area contributed by atoms with Gasteiger partial charge in [0.25, 0.3) is 0 Å². The van der Waals surface area contributed by atoms with Crippen LogP contribution in [0.15, 0.2) is 12.1 Å². The Morgan fingerprint density at radius 3 is 2.15 bits per heavy atom. The van der Waals surface area contributed by atoms with Crippen LogP contribution in [-0.4, -0.2) is 4.57 Å². The molecule has 0 aromatic carbocycles. The number of aromatic nitrogens is 1. The van der Waals surface area contributed by atoms with Crippen LogP contribution in [-0.2, 0) is 5.41 Å². The minimum Gasteiger partial charge on any atom is -0.318 e. The molecule has 0 N–H and O–H groups in total. The van der Waals surface area contributed by atoms with Crippen LogP contribution in [0, 0.1) is 6.92 Å². The molecule has 0 bridgehead atoms. The first-order valence-corrected chi connectivity index (χ1v) is 4.66. The number of halogens is 1. The Kier molecular flexibility index (Phi) is 2.51. The lowest BCUT2D eigenvalue weighted by atomic mass is 9.92. The molecule has 0 radical (unpaired) electrons. The average Bonchev–Trinajstić information content (AvgIpc) is 2.28. The number of nitrogens with zero attached hydrogens (tertiary/aromatic N) is 1. The third-order valence-corrected chi connectivity index (χ3v) is 2.25. The molecule has 1 atom stereocenters. The zero-order valence-corrected chi connectivity index (χ0v) is 9.06. The second kappa shape index (κ2) is 3.17. The smallest absolute Gasteiger partial charge is 0.173 e. The molecule has 13 heavy (non-hydrogen) atoms. The van der Waals surface area contributed by atoms with Crippen LogP contribution in [0.25, 0.3) is 0 Å². The zero-order valence-electron chi connectivity index (χ0n) is 9.06. The minimum atomic E-state index is -0.941. The topological polar surface area (TPSA) is 4.93 Å². The Morgan fingerprint density at radius 2 is 1.85 bits per heavy atom. The first-order chi connectivity index (χ1) is 5.84. The third kappa shape index (κ3) is 1.93. The number of hydrogen-bond donors (Lipinski definition) is 0. The highest BCUT2D eigenvalue weighted by Gasteiger charge is 2.21. The van der Waals surface area contributed by atoms with Gasteiger partial charge in [0, 0.05) is 16.8 Å². The highest BCUT2D eigenvalue weighted by Crippen LogP contribution is 2.27. The van der Waals surface area contributed by atoms with Gasteiger partial charge in [0.05, 0.1) is 0 Å². The number of aryl methyl sites for hydroxylation is 1. The molecular formula is C11H18FN. The molecular weight excluding hydrogens is 165 g/mol. The van der Waals surface area contributed by atoms with Gasteiger partial charge in [-0.1, -0.05) is 20.8 Å². The van der Waals surface area contributed by atoms with Crippen molar-refractivity contribution in [3.8, 4) is 0 Å². The van der Waals surface area contributed by atoms with Crippen molar-refractivity contribution in [3.63, 3.8) is 0 Å². The van der Waals surface area contributed by atoms with Gasteiger partial charge in [-0.05, 0) is 26.0 Å². The standard InChI is InChI=1S/C11H18FN/c1-8-6-7-10(11(3,4)5)13(8)9(2)12/h6-7,9H,1-5H3. The van der Waals surface area contributed by atoms with Crippen molar-refractivity contribution >= 4 is 0 Å². The summed E-state index contributed by atoms with van der Waals surface area (Å²) in [5.41, 5.74) is 2.05. The summed E-state index contributed by atoms with van der Waals surface area (Å²) in [6.45, 7) is 9.80. The second-order valence-corrected chi connectivity index (χ2v) is 4.55. The predicted octanol–water partition coefficient (Wildman–Crippen LogP) is 3.58. The molecule has 0 saturated carbocycles. The van der Waals surface area contributed by atoms with Crippen molar-refractivity contribution in [1.82, 2.24) is 4.57 Å². The molecule has 2 heteroatoms. The van der Waals surface area contributed by atoms with Crippen LogP contribution >= 0.6 is 0 Å². The molecule has 0 fully saturated rings. The van der Waals surface area contributed by atoms with Crippen LogP contribution in [0.3, 0.4) is 0 Å². The minimum absolute atomic E-state index is 0.00854. The first kappa shape index (κ1) is 10.3. The predicted molar refractivity (Wildman–Crippen MR) is 53.7 cm³/mol. The maximum Gasteiger partial charge on any atom is 0.173 e. The van der Waals surface area contributed by atoms with E-state index in [-0.39, 0.29) is 5.41 Å². The lowest BCUT2D eigenvalue weighted by molar-refractivity contribution is 0.250. The summed E-state index contributed by atoms with van der Waals surface area (Å²) in [6, 6.07) is 3.97. The summed E-state index contributed by atoms with van der Waals surface area (Å²) in [7, 11) is 0. The highest BCUT2D eigenvalue weighted by molar-refractivity contribution is 5.22. The largest absolute Gasteiger partial charge is 0.318 e. The fourth-order valence-corrected chi connectivity index (χ4v) is 1.63. The van der Waals surface area contributed by atoms with E-state index in [1.807, 2.05) is 19.1 Å². The maximum absolute atomic E-state index is 13.3. The summed E-state index contributed by atoms with van der Waals surface area (Å²) in [5.74, 6) is 0. The highest BCUT2D eigenvalue weighted by atomic mass is 19.1. The Bertz CT molecular complexity index is 292. The van der Waals surface area contributed by atoms with Gasteiger partial charge in [0.2, 0.25) is 0 Å². The van der Waals surface area contributed by atoms with Crippen molar-refractivity contribution in [2.75, 3.05) is 0 Å². The van der Waals surface area contributed by atoms with Crippen molar-refractivity contribution in [3.05, 3.63) is 23.5 Å². The fraction of sp³-hybridized carbons (Fsp3) is 0.636. The average molecular weight is 183 g/mol. The first-order valence-electron chi connectivity index (χ1n) is 4.66. The summed E-state index contributed by atoms with van der Waals surface area (Å²) in [5, 5.41) is 0. The molecule has 0 saturated heterocycles. The Labute approximate surface area is 79.6 Å². The van der Waals surface area contributed by atoms with E-state index in [0.29, 0.717) is 0 Å². The van der Waals surface area contributed by atoms with Crippen LogP contribution in [0.2, 0.25) is 0 Å². The molecule has 1 heterocycles. The van der Waals surface area contributed by atoms with Crippen molar-refractivity contribution < 1.29 is 4.39 Å². The van der Waals surface area contributed by atoms with E-state index in [1.54, 1.807) is 11.5 Å². The van der Waals surface area contributed by atoms with E-state index >= 15 is 0 Å². The van der Waals surface area contributed by atoms with Gasteiger partial charge in [0.15, 0.2) is 6.30 Å². The number of hydrogen-bond acceptors (Lipinski definition) is 0. The van der Waals surface area contributed by atoms with E-state index < -0.39 is 6.30 Å². The molecule has 0 spiro atoms. The summed E-state index contributed by atoms with van der Waals surface area (Å²) in [4.78, 5) is 0. The molecule has 0 aliphatic heterocycles. The second-order valence-electron chi connectivity index (χ2n) is 4.55. The Balaban J connectivity index is 3.23. The summed E-state index contributed by atoms with van der Waals surface area (Å²) in [6.07, 6.45) is -0.941. The Morgan fingerprint density at radius 1 is 1.31 bits per heavy atom. The molecule has 1 nitrogen and oxygen atoms in total. The Hall–Kier alpha value is -0.790. The van der Waals surface area contributed by atoms with Gasteiger partial charge in [-0.25, -0.2) is 4.39 Å². The molecule has 0 amide bonds. The van der Waals surface area contributed by atoms with Crippen molar-refractivity contribution in [2.24, 2.45) is 0 Å². The molecule has 0 aliphatic rings. The molecule has 0 aliphatic carbocycles. The van der Waals surface area contributed by atoms with Crippen molar-refractivity contribution in [2.45, 2.75) is 46.3 Å². The van der Waals surface area contributed by atoms with Gasteiger partial charge in [-0.15, -0.1) is 0 Å². The van der Waals surface area contributed by atoms with E-state index in [2.05, 4.69) is 20.8 Å². The van der Waals surface area contributed by atoms with Gasteiger partial charge >= 0.3 is 0 Å². The van der Waals surface area contributed by atoms with Crippen LogP contribution in [0.1, 0.15) is 45.4 Å². The monoisotopic (exact) mass is 183 g/mol. The van der Waals surface area contributed by atoms with Crippen LogP contribution in [0.4, 0.5) is 4.39 Å². The normalized spacial score (nSPS) is 14.6. The van der Waals surface area contributed by atoms with Crippen LogP contribution in [0.5, 0.6) is 0 Å².